The van der Waals surface area contributed by atoms with Crippen LogP contribution in [0.4, 0.5) is 3.89 Å². The van der Waals surface area contributed by atoms with E-state index in [0.29, 0.717) is 42.9 Å². The number of hydrogen-bond donors (Lipinski definition) is 1. The molecule has 3 aromatic rings. The van der Waals surface area contributed by atoms with Gasteiger partial charge in [-0.3, -0.25) is 4.99 Å². The lowest BCUT2D eigenvalue weighted by molar-refractivity contribution is -0.0936. The minimum absolute atomic E-state index is 0.127. The number of rotatable bonds is 6. The molecule has 0 fully saturated rings. The molecule has 3 aromatic heterocycles. The van der Waals surface area contributed by atoms with Gasteiger partial charge in [0.15, 0.2) is 24.3 Å². The molecule has 0 unspecified atom stereocenters. The van der Waals surface area contributed by atoms with Crippen LogP contribution in [-0.4, -0.2) is 64.6 Å². The summed E-state index contributed by atoms with van der Waals surface area (Å²) in [5, 5.41) is 0. The SMILES string of the molecule is CC.COC(CN=C(N)c1ccc2nc1OCCCCOc1ccnc3c1n-2c(=O)n3SF)OC. The van der Waals surface area contributed by atoms with Crippen molar-refractivity contribution < 1.29 is 22.8 Å². The number of imidazole rings is 1. The molecule has 0 saturated heterocycles. The van der Waals surface area contributed by atoms with E-state index in [1.807, 2.05) is 13.8 Å². The Bertz CT molecular complexity index is 1230. The molecule has 4 rings (SSSR count). The average Bonchev–Trinajstić information content (AvgIpc) is 3.18. The van der Waals surface area contributed by atoms with E-state index in [1.54, 1.807) is 18.2 Å². The lowest BCUT2D eigenvalue weighted by Crippen LogP contribution is -2.23. The zero-order chi connectivity index (χ0) is 25.4. The fourth-order valence-electron chi connectivity index (χ4n) is 3.37. The van der Waals surface area contributed by atoms with Gasteiger partial charge < -0.3 is 24.7 Å². The summed E-state index contributed by atoms with van der Waals surface area (Å²) in [7, 11) is 3.01. The normalized spacial score (nSPS) is 13.8. The van der Waals surface area contributed by atoms with Gasteiger partial charge >= 0.3 is 5.69 Å². The minimum atomic E-state index is -0.672. The molecule has 11 nitrogen and oxygen atoms in total. The number of fused-ring (bicyclic) bond motifs is 3. The Hall–Kier alpha value is -3.16. The molecule has 0 aromatic carbocycles. The van der Waals surface area contributed by atoms with E-state index < -0.39 is 12.0 Å². The maximum absolute atomic E-state index is 13.7. The zero-order valence-electron chi connectivity index (χ0n) is 20.1. The van der Waals surface area contributed by atoms with Crippen molar-refractivity contribution in [3.05, 3.63) is 40.4 Å². The van der Waals surface area contributed by atoms with E-state index in [-0.39, 0.29) is 42.1 Å². The van der Waals surface area contributed by atoms with Gasteiger partial charge in [0.2, 0.25) is 5.88 Å². The molecule has 4 heterocycles. The van der Waals surface area contributed by atoms with Crippen LogP contribution in [0.2, 0.25) is 0 Å². The Morgan fingerprint density at radius 2 is 1.94 bits per heavy atom. The van der Waals surface area contributed by atoms with Crippen LogP contribution < -0.4 is 20.9 Å². The van der Waals surface area contributed by atoms with Crippen molar-refractivity contribution in [1.82, 2.24) is 18.5 Å². The number of halogens is 1. The topological polar surface area (TPSA) is 128 Å². The molecule has 1 aliphatic heterocycles. The zero-order valence-corrected chi connectivity index (χ0v) is 20.9. The van der Waals surface area contributed by atoms with Gasteiger partial charge in [-0.15, -0.1) is 3.89 Å². The summed E-state index contributed by atoms with van der Waals surface area (Å²) in [6.45, 7) is 4.92. The van der Waals surface area contributed by atoms with Gasteiger partial charge in [-0.25, -0.2) is 14.3 Å². The average molecular weight is 509 g/mol. The molecule has 0 spiro atoms. The highest BCUT2D eigenvalue weighted by Crippen LogP contribution is 2.29. The molecule has 2 bridgehead atoms. The van der Waals surface area contributed by atoms with Crippen LogP contribution >= 0.6 is 12.3 Å². The van der Waals surface area contributed by atoms with Gasteiger partial charge in [0.1, 0.15) is 22.9 Å². The second-order valence-electron chi connectivity index (χ2n) is 7.02. The Balaban J connectivity index is 0.00000167. The first kappa shape index (κ1) is 26.4. The first-order valence-corrected chi connectivity index (χ1v) is 11.8. The Morgan fingerprint density at radius 1 is 1.23 bits per heavy atom. The van der Waals surface area contributed by atoms with Gasteiger partial charge in [0, 0.05) is 26.5 Å². The van der Waals surface area contributed by atoms with Crippen LogP contribution in [0.15, 0.2) is 34.2 Å². The Kier molecular flexibility index (Phi) is 9.46. The van der Waals surface area contributed by atoms with Crippen LogP contribution in [-0.2, 0) is 9.47 Å². The molecule has 0 amide bonds. The van der Waals surface area contributed by atoms with Gasteiger partial charge in [-0.2, -0.15) is 8.96 Å². The molecule has 13 heteroatoms. The van der Waals surface area contributed by atoms with E-state index in [1.165, 1.54) is 25.0 Å². The highest BCUT2D eigenvalue weighted by Gasteiger charge is 2.23. The summed E-state index contributed by atoms with van der Waals surface area (Å²) in [5.41, 5.74) is 6.41. The molecule has 0 radical (unpaired) electrons. The highest BCUT2D eigenvalue weighted by molar-refractivity contribution is 7.92. The summed E-state index contributed by atoms with van der Waals surface area (Å²) in [6.07, 6.45) is 2.30. The lowest BCUT2D eigenvalue weighted by atomic mass is 10.2. The van der Waals surface area contributed by atoms with Crippen molar-refractivity contribution in [3.8, 4) is 17.4 Å². The van der Waals surface area contributed by atoms with Crippen LogP contribution in [0.5, 0.6) is 11.6 Å². The molecule has 0 atom stereocenters. The summed E-state index contributed by atoms with van der Waals surface area (Å²) in [5.74, 6) is 0.988. The fraction of sp³-hybridized carbons (Fsp3) is 0.455. The number of aromatic nitrogens is 4. The molecule has 2 N–H and O–H groups in total. The molecule has 0 aliphatic carbocycles. The maximum Gasteiger partial charge on any atom is 0.348 e. The van der Waals surface area contributed by atoms with E-state index in [4.69, 9.17) is 24.7 Å². The largest absolute Gasteiger partial charge is 0.491 e. The molecule has 35 heavy (non-hydrogen) atoms. The Labute approximate surface area is 206 Å². The number of pyridine rings is 2. The third kappa shape index (κ3) is 5.57. The van der Waals surface area contributed by atoms with E-state index in [0.717, 1.165) is 3.97 Å². The van der Waals surface area contributed by atoms with Gasteiger partial charge in [-0.05, 0) is 25.0 Å². The summed E-state index contributed by atoms with van der Waals surface area (Å²) < 4.78 is 37.7. The molecular formula is C22H29FN6O5S. The number of amidine groups is 1. The van der Waals surface area contributed by atoms with Crippen molar-refractivity contribution >= 4 is 29.3 Å². The van der Waals surface area contributed by atoms with E-state index in [2.05, 4.69) is 15.0 Å². The first-order valence-electron chi connectivity index (χ1n) is 11.1. The number of aliphatic imine (C=N–C) groups is 1. The van der Waals surface area contributed by atoms with Gasteiger partial charge in [-0.1, -0.05) is 13.8 Å². The first-order chi connectivity index (χ1) is 17.1. The lowest BCUT2D eigenvalue weighted by Gasteiger charge is -2.15. The van der Waals surface area contributed by atoms with Crippen molar-refractivity contribution in [1.29, 1.82) is 0 Å². The van der Waals surface area contributed by atoms with Gasteiger partial charge in [0.05, 0.1) is 25.3 Å². The maximum atomic E-state index is 13.7. The predicted octanol–water partition coefficient (Wildman–Crippen LogP) is 2.86. The van der Waals surface area contributed by atoms with Crippen molar-refractivity contribution in [2.75, 3.05) is 34.0 Å². The molecule has 0 saturated carbocycles. The van der Waals surface area contributed by atoms with Crippen molar-refractivity contribution in [2.24, 2.45) is 10.7 Å². The van der Waals surface area contributed by atoms with E-state index in [9.17, 15) is 8.68 Å². The summed E-state index contributed by atoms with van der Waals surface area (Å²) in [4.78, 5) is 26.0. The number of nitrogens with zero attached hydrogens (tertiary/aromatic N) is 5. The Morgan fingerprint density at radius 3 is 2.63 bits per heavy atom. The van der Waals surface area contributed by atoms with Gasteiger partial charge in [0.25, 0.3) is 0 Å². The minimum Gasteiger partial charge on any atom is -0.491 e. The van der Waals surface area contributed by atoms with Crippen LogP contribution in [0, 0.1) is 0 Å². The standard InChI is InChI=1S/C20H23FN6O5S.C2H6/c1-29-15(30-2)11-24-17(22)12-5-6-14-25-19(12)32-10-4-3-9-31-13-7-8-23-18-16(13)26(14)20(28)27(18)33-21;1-2/h5-8,15H,3-4,9-11H2,1-2H3,(H2,22,24);1-2H3. The molecular weight excluding hydrogens is 479 g/mol. The fourth-order valence-corrected chi connectivity index (χ4v) is 3.71. The second-order valence-corrected chi connectivity index (χ2v) is 7.52. The number of hydrogen-bond acceptors (Lipinski definition) is 9. The highest BCUT2D eigenvalue weighted by atomic mass is 32.2. The van der Waals surface area contributed by atoms with Crippen molar-refractivity contribution in [3.63, 3.8) is 0 Å². The number of ether oxygens (including phenoxy) is 4. The third-order valence-electron chi connectivity index (χ3n) is 5.04. The second kappa shape index (κ2) is 12.5. The number of methoxy groups -OCH3 is 2. The molecule has 1 aliphatic rings. The molecule has 190 valence electrons. The van der Waals surface area contributed by atoms with Crippen LogP contribution in [0.25, 0.3) is 17.0 Å². The van der Waals surface area contributed by atoms with Crippen LogP contribution in [0.3, 0.4) is 0 Å². The monoisotopic (exact) mass is 508 g/mol. The third-order valence-corrected chi connectivity index (χ3v) is 5.51. The van der Waals surface area contributed by atoms with Crippen LogP contribution in [0.1, 0.15) is 32.3 Å². The van der Waals surface area contributed by atoms with E-state index >= 15 is 0 Å². The number of nitrogens with two attached hydrogens (primary N) is 1. The summed E-state index contributed by atoms with van der Waals surface area (Å²) >= 11 is -0.240. The predicted molar refractivity (Wildman–Crippen MR) is 132 cm³/mol. The quantitative estimate of drug-likeness (QED) is 0.304. The van der Waals surface area contributed by atoms with Crippen molar-refractivity contribution in [2.45, 2.75) is 33.0 Å². The summed E-state index contributed by atoms with van der Waals surface area (Å²) in [6, 6.07) is 4.85. The smallest absolute Gasteiger partial charge is 0.348 e.